The molecule has 2 N–H and O–H groups in total. The van der Waals surface area contributed by atoms with Crippen molar-refractivity contribution >= 4 is 28.7 Å². The standard InChI is InChI=1S/C15H15FN2S/c1-10-6-5-9-13(11(10)2)17-15(19)18-14-8-4-3-7-12(14)16/h3-9H,1-2H3,(H2,17,18,19). The van der Waals surface area contributed by atoms with Crippen LogP contribution in [0, 0.1) is 19.7 Å². The fourth-order valence-electron chi connectivity index (χ4n) is 1.72. The molecule has 0 fully saturated rings. The normalized spacial score (nSPS) is 10.1. The van der Waals surface area contributed by atoms with Gasteiger partial charge in [-0.3, -0.25) is 0 Å². The summed E-state index contributed by atoms with van der Waals surface area (Å²) in [4.78, 5) is 0. The smallest absolute Gasteiger partial charge is 0.175 e. The molecule has 0 aromatic heterocycles. The van der Waals surface area contributed by atoms with Crippen LogP contribution in [0.1, 0.15) is 11.1 Å². The summed E-state index contributed by atoms with van der Waals surface area (Å²) in [6, 6.07) is 12.4. The van der Waals surface area contributed by atoms with Crippen molar-refractivity contribution in [3.05, 3.63) is 59.4 Å². The maximum atomic E-state index is 13.5. The zero-order valence-electron chi connectivity index (χ0n) is 10.8. The van der Waals surface area contributed by atoms with Crippen LogP contribution in [0.3, 0.4) is 0 Å². The molecule has 2 rings (SSSR count). The highest BCUT2D eigenvalue weighted by molar-refractivity contribution is 7.80. The monoisotopic (exact) mass is 274 g/mol. The van der Waals surface area contributed by atoms with Crippen LogP contribution in [0.15, 0.2) is 42.5 Å². The number of nitrogens with one attached hydrogen (secondary N) is 2. The molecule has 0 radical (unpaired) electrons. The van der Waals surface area contributed by atoms with E-state index in [-0.39, 0.29) is 5.82 Å². The Hall–Kier alpha value is -1.94. The second kappa shape index (κ2) is 5.80. The zero-order chi connectivity index (χ0) is 13.8. The number of rotatable bonds is 2. The molecule has 98 valence electrons. The summed E-state index contributed by atoms with van der Waals surface area (Å²) in [5, 5.41) is 6.30. The minimum Gasteiger partial charge on any atom is -0.332 e. The van der Waals surface area contributed by atoms with E-state index in [0.29, 0.717) is 10.8 Å². The average Bonchev–Trinajstić information content (AvgIpc) is 2.38. The molecule has 0 aliphatic carbocycles. The van der Waals surface area contributed by atoms with Crippen LogP contribution in [-0.2, 0) is 0 Å². The molecule has 0 atom stereocenters. The van der Waals surface area contributed by atoms with E-state index in [1.807, 2.05) is 32.0 Å². The van der Waals surface area contributed by atoms with E-state index in [2.05, 4.69) is 10.6 Å². The van der Waals surface area contributed by atoms with Crippen LogP contribution >= 0.6 is 12.2 Å². The Morgan fingerprint density at radius 2 is 1.58 bits per heavy atom. The Balaban J connectivity index is 2.10. The van der Waals surface area contributed by atoms with E-state index >= 15 is 0 Å². The molecule has 0 bridgehead atoms. The third-order valence-electron chi connectivity index (χ3n) is 2.97. The van der Waals surface area contributed by atoms with Crippen LogP contribution in [0.5, 0.6) is 0 Å². The lowest BCUT2D eigenvalue weighted by Gasteiger charge is -2.14. The van der Waals surface area contributed by atoms with Crippen LogP contribution in [-0.4, -0.2) is 5.11 Å². The molecule has 19 heavy (non-hydrogen) atoms. The number of hydrogen-bond acceptors (Lipinski definition) is 1. The molecular formula is C15H15FN2S. The Bertz CT molecular complexity index is 611. The molecule has 4 heteroatoms. The Morgan fingerprint density at radius 1 is 0.947 bits per heavy atom. The summed E-state index contributed by atoms with van der Waals surface area (Å²) in [5.74, 6) is -0.326. The number of hydrogen-bond donors (Lipinski definition) is 2. The maximum Gasteiger partial charge on any atom is 0.175 e. The van der Waals surface area contributed by atoms with Crippen molar-refractivity contribution in [2.75, 3.05) is 10.6 Å². The molecule has 0 heterocycles. The summed E-state index contributed by atoms with van der Waals surface area (Å²) in [5.41, 5.74) is 3.60. The number of para-hydroxylation sites is 1. The SMILES string of the molecule is Cc1cccc(NC(=S)Nc2ccccc2F)c1C. The fraction of sp³-hybridized carbons (Fsp3) is 0.133. The van der Waals surface area contributed by atoms with Gasteiger partial charge in [0.15, 0.2) is 5.11 Å². The second-order valence-electron chi connectivity index (χ2n) is 4.31. The van der Waals surface area contributed by atoms with Crippen LogP contribution in [0.2, 0.25) is 0 Å². The molecule has 0 spiro atoms. The summed E-state index contributed by atoms with van der Waals surface area (Å²) < 4.78 is 13.5. The molecule has 0 aliphatic heterocycles. The predicted octanol–water partition coefficient (Wildman–Crippen LogP) is 4.25. The molecule has 0 saturated carbocycles. The van der Waals surface area contributed by atoms with Gasteiger partial charge in [0, 0.05) is 5.69 Å². The number of halogens is 1. The van der Waals surface area contributed by atoms with Crippen LogP contribution in [0.25, 0.3) is 0 Å². The topological polar surface area (TPSA) is 24.1 Å². The van der Waals surface area contributed by atoms with Gasteiger partial charge in [-0.25, -0.2) is 4.39 Å². The molecule has 2 aromatic carbocycles. The van der Waals surface area contributed by atoms with E-state index in [1.165, 1.54) is 11.6 Å². The highest BCUT2D eigenvalue weighted by atomic mass is 32.1. The summed E-state index contributed by atoms with van der Waals surface area (Å²) in [6.07, 6.45) is 0. The van der Waals surface area contributed by atoms with Crippen molar-refractivity contribution in [2.24, 2.45) is 0 Å². The van der Waals surface area contributed by atoms with Gasteiger partial charge in [-0.05, 0) is 55.4 Å². The average molecular weight is 274 g/mol. The number of benzene rings is 2. The summed E-state index contributed by atoms with van der Waals surface area (Å²) in [6.45, 7) is 4.05. The summed E-state index contributed by atoms with van der Waals surface area (Å²) >= 11 is 5.19. The third kappa shape index (κ3) is 3.29. The maximum absolute atomic E-state index is 13.5. The lowest BCUT2D eigenvalue weighted by atomic mass is 10.1. The van der Waals surface area contributed by atoms with Gasteiger partial charge in [0.2, 0.25) is 0 Å². The van der Waals surface area contributed by atoms with E-state index < -0.39 is 0 Å². The van der Waals surface area contributed by atoms with E-state index in [1.54, 1.807) is 18.2 Å². The van der Waals surface area contributed by atoms with Gasteiger partial charge in [0.1, 0.15) is 5.82 Å². The highest BCUT2D eigenvalue weighted by Gasteiger charge is 2.05. The largest absolute Gasteiger partial charge is 0.332 e. The van der Waals surface area contributed by atoms with Gasteiger partial charge in [-0.2, -0.15) is 0 Å². The third-order valence-corrected chi connectivity index (χ3v) is 3.18. The lowest BCUT2D eigenvalue weighted by molar-refractivity contribution is 0.632. The Labute approximate surface area is 117 Å². The van der Waals surface area contributed by atoms with Gasteiger partial charge in [0.05, 0.1) is 5.69 Å². The molecule has 0 amide bonds. The lowest BCUT2D eigenvalue weighted by Crippen LogP contribution is -2.20. The van der Waals surface area contributed by atoms with Gasteiger partial charge in [0.25, 0.3) is 0 Å². The van der Waals surface area contributed by atoms with E-state index in [9.17, 15) is 4.39 Å². The first-order chi connectivity index (χ1) is 9.08. The first kappa shape index (κ1) is 13.5. The first-order valence-electron chi connectivity index (χ1n) is 5.96. The van der Waals surface area contributed by atoms with Crippen molar-refractivity contribution < 1.29 is 4.39 Å². The zero-order valence-corrected chi connectivity index (χ0v) is 11.6. The number of aryl methyl sites for hydroxylation is 1. The van der Waals surface area contributed by atoms with Gasteiger partial charge < -0.3 is 10.6 Å². The quantitative estimate of drug-likeness (QED) is 0.800. The minimum absolute atomic E-state index is 0.326. The van der Waals surface area contributed by atoms with Crippen molar-refractivity contribution in [3.63, 3.8) is 0 Å². The van der Waals surface area contributed by atoms with E-state index in [4.69, 9.17) is 12.2 Å². The molecule has 2 aromatic rings. The van der Waals surface area contributed by atoms with Crippen molar-refractivity contribution in [1.29, 1.82) is 0 Å². The van der Waals surface area contributed by atoms with Gasteiger partial charge >= 0.3 is 0 Å². The number of thiocarbonyl (C=S) groups is 1. The summed E-state index contributed by atoms with van der Waals surface area (Å²) in [7, 11) is 0. The van der Waals surface area contributed by atoms with Crippen molar-refractivity contribution in [2.45, 2.75) is 13.8 Å². The molecule has 2 nitrogen and oxygen atoms in total. The predicted molar refractivity (Wildman–Crippen MR) is 82.2 cm³/mol. The highest BCUT2D eigenvalue weighted by Crippen LogP contribution is 2.19. The molecule has 0 aliphatic rings. The van der Waals surface area contributed by atoms with Gasteiger partial charge in [-0.15, -0.1) is 0 Å². The van der Waals surface area contributed by atoms with Crippen LogP contribution in [0.4, 0.5) is 15.8 Å². The molecular weight excluding hydrogens is 259 g/mol. The fourth-order valence-corrected chi connectivity index (χ4v) is 1.94. The molecule has 0 saturated heterocycles. The van der Waals surface area contributed by atoms with Crippen LogP contribution < -0.4 is 10.6 Å². The van der Waals surface area contributed by atoms with Gasteiger partial charge in [-0.1, -0.05) is 24.3 Å². The Morgan fingerprint density at radius 3 is 2.32 bits per heavy atom. The second-order valence-corrected chi connectivity index (χ2v) is 4.71. The molecule has 0 unspecified atom stereocenters. The van der Waals surface area contributed by atoms with Crippen molar-refractivity contribution in [3.8, 4) is 0 Å². The number of anilines is 2. The van der Waals surface area contributed by atoms with E-state index in [0.717, 1.165) is 11.3 Å². The first-order valence-corrected chi connectivity index (χ1v) is 6.37. The van der Waals surface area contributed by atoms with Crippen molar-refractivity contribution in [1.82, 2.24) is 0 Å². The minimum atomic E-state index is -0.326. The Kier molecular flexibility index (Phi) is 4.12.